The first-order valence-electron chi connectivity index (χ1n) is 9.22. The molecule has 0 atom stereocenters. The van der Waals surface area contributed by atoms with Gasteiger partial charge in [-0.2, -0.15) is 5.26 Å². The molecular formula is C24H18BrF2NO2. The Balaban J connectivity index is 1.94. The van der Waals surface area contributed by atoms with E-state index in [9.17, 15) is 14.0 Å². The topological polar surface area (TPSA) is 42.2 Å². The molecule has 30 heavy (non-hydrogen) atoms. The first kappa shape index (κ1) is 21.5. The molecule has 0 saturated heterocycles. The van der Waals surface area contributed by atoms with Gasteiger partial charge in [-0.05, 0) is 54.5 Å². The van der Waals surface area contributed by atoms with Crippen molar-refractivity contribution in [3.8, 4) is 17.6 Å². The summed E-state index contributed by atoms with van der Waals surface area (Å²) in [5, 5.41) is 9.53. The maximum Gasteiger partial charge on any atom is 0.162 e. The van der Waals surface area contributed by atoms with Gasteiger partial charge in [0.15, 0.2) is 11.5 Å². The molecule has 0 heterocycles. The average Bonchev–Trinajstić information content (AvgIpc) is 2.73. The Kier molecular flexibility index (Phi) is 7.21. The number of halogens is 3. The fraction of sp³-hybridized carbons (Fsp3) is 0.125. The first-order chi connectivity index (χ1) is 14.5. The maximum absolute atomic E-state index is 14.1. The van der Waals surface area contributed by atoms with Gasteiger partial charge in [0, 0.05) is 10.0 Å². The minimum absolute atomic E-state index is 0.165. The summed E-state index contributed by atoms with van der Waals surface area (Å²) in [5.74, 6) is 0.130. The van der Waals surface area contributed by atoms with Crippen molar-refractivity contribution < 1.29 is 18.3 Å². The van der Waals surface area contributed by atoms with E-state index < -0.39 is 5.82 Å². The molecule has 0 fully saturated rings. The normalized spacial score (nSPS) is 11.1. The zero-order valence-electron chi connectivity index (χ0n) is 16.2. The van der Waals surface area contributed by atoms with Crippen LogP contribution in [0.25, 0.3) is 11.6 Å². The summed E-state index contributed by atoms with van der Waals surface area (Å²) >= 11 is 3.48. The summed E-state index contributed by atoms with van der Waals surface area (Å²) in [4.78, 5) is 0. The molecule has 0 aliphatic heterocycles. The van der Waals surface area contributed by atoms with Crippen LogP contribution in [0.2, 0.25) is 0 Å². The molecule has 3 aromatic carbocycles. The molecule has 0 aromatic heterocycles. The van der Waals surface area contributed by atoms with E-state index >= 15 is 0 Å². The number of benzene rings is 3. The van der Waals surface area contributed by atoms with E-state index in [1.54, 1.807) is 48.5 Å². The Bertz CT molecular complexity index is 1120. The molecule has 0 amide bonds. The van der Waals surface area contributed by atoms with E-state index in [2.05, 4.69) is 15.9 Å². The number of nitriles is 1. The van der Waals surface area contributed by atoms with Crippen LogP contribution in [0.1, 0.15) is 23.6 Å². The summed E-state index contributed by atoms with van der Waals surface area (Å²) in [5.41, 5.74) is 1.72. The SMILES string of the molecule is CCOc1cc(C=C(C#N)c2ccccc2F)c(Br)cc1OCc1cccc(F)c1. The average molecular weight is 470 g/mol. The largest absolute Gasteiger partial charge is 0.490 e. The minimum Gasteiger partial charge on any atom is -0.490 e. The molecule has 0 N–H and O–H groups in total. The van der Waals surface area contributed by atoms with Crippen molar-refractivity contribution in [2.24, 2.45) is 0 Å². The molecule has 3 nitrogen and oxygen atoms in total. The van der Waals surface area contributed by atoms with Crippen LogP contribution >= 0.6 is 15.9 Å². The quantitative estimate of drug-likeness (QED) is 0.283. The fourth-order valence-corrected chi connectivity index (χ4v) is 3.27. The number of hydrogen-bond donors (Lipinski definition) is 0. The number of nitrogens with zero attached hydrogens (tertiary/aromatic N) is 1. The molecule has 6 heteroatoms. The minimum atomic E-state index is -0.471. The molecule has 0 bridgehead atoms. The van der Waals surface area contributed by atoms with Crippen LogP contribution in [0.3, 0.4) is 0 Å². The first-order valence-corrected chi connectivity index (χ1v) is 10.0. The van der Waals surface area contributed by atoms with Gasteiger partial charge < -0.3 is 9.47 Å². The van der Waals surface area contributed by atoms with Gasteiger partial charge in [0.1, 0.15) is 18.2 Å². The lowest BCUT2D eigenvalue weighted by Crippen LogP contribution is -2.01. The zero-order chi connectivity index (χ0) is 21.5. The van der Waals surface area contributed by atoms with Gasteiger partial charge in [0.25, 0.3) is 0 Å². The van der Waals surface area contributed by atoms with Gasteiger partial charge >= 0.3 is 0 Å². The number of rotatable bonds is 7. The standard InChI is InChI=1S/C24H18BrF2NO2/c1-2-29-23-12-17(11-18(14-28)20-8-3-4-9-22(20)27)21(25)13-24(23)30-15-16-6-5-7-19(26)10-16/h3-13H,2,15H2,1H3. The second kappa shape index (κ2) is 10.0. The van der Waals surface area contributed by atoms with Gasteiger partial charge in [-0.3, -0.25) is 0 Å². The lowest BCUT2D eigenvalue weighted by Gasteiger charge is -2.14. The van der Waals surface area contributed by atoms with Crippen LogP contribution < -0.4 is 9.47 Å². The van der Waals surface area contributed by atoms with E-state index in [-0.39, 0.29) is 23.6 Å². The molecule has 0 aliphatic rings. The third-order valence-corrected chi connectivity index (χ3v) is 4.92. The highest BCUT2D eigenvalue weighted by molar-refractivity contribution is 9.10. The zero-order valence-corrected chi connectivity index (χ0v) is 17.7. The molecule has 0 spiro atoms. The van der Waals surface area contributed by atoms with Crippen LogP contribution in [-0.4, -0.2) is 6.61 Å². The maximum atomic E-state index is 14.1. The van der Waals surface area contributed by atoms with E-state index in [1.165, 1.54) is 18.2 Å². The van der Waals surface area contributed by atoms with Gasteiger partial charge in [-0.15, -0.1) is 0 Å². The predicted molar refractivity (Wildman–Crippen MR) is 116 cm³/mol. The van der Waals surface area contributed by atoms with Gasteiger partial charge in [0.2, 0.25) is 0 Å². The number of hydrogen-bond acceptors (Lipinski definition) is 3. The summed E-state index contributed by atoms with van der Waals surface area (Å²) in [6.45, 7) is 2.41. The third kappa shape index (κ3) is 5.25. The Morgan fingerprint density at radius 2 is 1.80 bits per heavy atom. The molecule has 0 aliphatic carbocycles. The van der Waals surface area contributed by atoms with Gasteiger partial charge in [0.05, 0.1) is 18.2 Å². The van der Waals surface area contributed by atoms with E-state index in [1.807, 2.05) is 13.0 Å². The van der Waals surface area contributed by atoms with Crippen molar-refractivity contribution in [2.75, 3.05) is 6.61 Å². The lowest BCUT2D eigenvalue weighted by molar-refractivity contribution is 0.269. The highest BCUT2D eigenvalue weighted by Crippen LogP contribution is 2.36. The fourth-order valence-electron chi connectivity index (χ4n) is 2.84. The van der Waals surface area contributed by atoms with Crippen LogP contribution in [0.5, 0.6) is 11.5 Å². The highest BCUT2D eigenvalue weighted by atomic mass is 79.9. The van der Waals surface area contributed by atoms with E-state index in [4.69, 9.17) is 9.47 Å². The van der Waals surface area contributed by atoms with Crippen molar-refractivity contribution in [1.82, 2.24) is 0 Å². The van der Waals surface area contributed by atoms with Crippen molar-refractivity contribution in [2.45, 2.75) is 13.5 Å². The summed E-state index contributed by atoms with van der Waals surface area (Å²) in [6.07, 6.45) is 1.58. The monoisotopic (exact) mass is 469 g/mol. The highest BCUT2D eigenvalue weighted by Gasteiger charge is 2.13. The Hall–Kier alpha value is -3.17. The van der Waals surface area contributed by atoms with Crippen LogP contribution in [-0.2, 0) is 6.61 Å². The summed E-state index contributed by atoms with van der Waals surface area (Å²) in [6, 6.07) is 17.7. The van der Waals surface area contributed by atoms with Crippen LogP contribution in [0.4, 0.5) is 8.78 Å². The second-order valence-electron chi connectivity index (χ2n) is 6.32. The predicted octanol–water partition coefficient (Wildman–Crippen LogP) is 6.77. The molecule has 3 rings (SSSR count). The smallest absolute Gasteiger partial charge is 0.162 e. The summed E-state index contributed by atoms with van der Waals surface area (Å²) < 4.78 is 39.7. The van der Waals surface area contributed by atoms with Crippen LogP contribution in [0, 0.1) is 23.0 Å². The Morgan fingerprint density at radius 1 is 1.03 bits per heavy atom. The van der Waals surface area contributed by atoms with Crippen molar-refractivity contribution in [3.63, 3.8) is 0 Å². The number of allylic oxidation sites excluding steroid dienone is 1. The van der Waals surface area contributed by atoms with Crippen LogP contribution in [0.15, 0.2) is 65.1 Å². The molecule has 0 unspecified atom stereocenters. The molecule has 152 valence electrons. The lowest BCUT2D eigenvalue weighted by atomic mass is 10.0. The summed E-state index contributed by atoms with van der Waals surface area (Å²) in [7, 11) is 0. The molecule has 3 aromatic rings. The van der Waals surface area contributed by atoms with Gasteiger partial charge in [-0.25, -0.2) is 8.78 Å². The molecular weight excluding hydrogens is 452 g/mol. The second-order valence-corrected chi connectivity index (χ2v) is 7.18. The van der Waals surface area contributed by atoms with Crippen molar-refractivity contribution in [1.29, 1.82) is 5.26 Å². The van der Waals surface area contributed by atoms with Crippen molar-refractivity contribution in [3.05, 3.63) is 93.5 Å². The Morgan fingerprint density at radius 3 is 2.50 bits per heavy atom. The van der Waals surface area contributed by atoms with E-state index in [0.717, 1.165) is 0 Å². The Labute approximate surface area is 182 Å². The third-order valence-electron chi connectivity index (χ3n) is 4.23. The van der Waals surface area contributed by atoms with E-state index in [0.29, 0.717) is 33.7 Å². The van der Waals surface area contributed by atoms with Crippen molar-refractivity contribution >= 4 is 27.6 Å². The molecule has 0 saturated carbocycles. The molecule has 0 radical (unpaired) electrons. The van der Waals surface area contributed by atoms with Gasteiger partial charge in [-0.1, -0.05) is 46.3 Å². The number of ether oxygens (including phenoxy) is 2.